The normalized spacial score (nSPS) is 19.8. The van der Waals surface area contributed by atoms with Crippen LogP contribution in [0, 0.1) is 6.92 Å². The maximum absolute atomic E-state index is 12.7. The van der Waals surface area contributed by atoms with Crippen molar-refractivity contribution in [2.45, 2.75) is 24.7 Å². The van der Waals surface area contributed by atoms with Crippen LogP contribution >= 0.6 is 0 Å². The molecule has 0 saturated carbocycles. The molecule has 0 radical (unpaired) electrons. The SMILES string of the molecule is C=C1CCC=CC2=C1CN(S(=O)(=O)c1ccc(C)cc1)C2. The zero-order valence-electron chi connectivity index (χ0n) is 12.2. The maximum atomic E-state index is 12.7. The second-order valence-electron chi connectivity index (χ2n) is 5.63. The van der Waals surface area contributed by atoms with Gasteiger partial charge in [-0.15, -0.1) is 0 Å². The molecule has 0 bridgehead atoms. The number of hydrogen-bond donors (Lipinski definition) is 0. The molecule has 0 unspecified atom stereocenters. The zero-order chi connectivity index (χ0) is 15.0. The molecule has 2 aliphatic rings. The van der Waals surface area contributed by atoms with Crippen molar-refractivity contribution < 1.29 is 8.42 Å². The van der Waals surface area contributed by atoms with Gasteiger partial charge in [0.1, 0.15) is 0 Å². The molecule has 0 fully saturated rings. The van der Waals surface area contributed by atoms with E-state index in [0.29, 0.717) is 18.0 Å². The summed E-state index contributed by atoms with van der Waals surface area (Å²) in [6, 6.07) is 7.03. The van der Waals surface area contributed by atoms with Crippen molar-refractivity contribution in [1.82, 2.24) is 4.31 Å². The van der Waals surface area contributed by atoms with E-state index >= 15 is 0 Å². The molecule has 0 aromatic heterocycles. The Balaban J connectivity index is 1.90. The fourth-order valence-corrected chi connectivity index (χ4v) is 4.16. The van der Waals surface area contributed by atoms with Gasteiger partial charge in [-0.3, -0.25) is 0 Å². The number of aryl methyl sites for hydroxylation is 1. The zero-order valence-corrected chi connectivity index (χ0v) is 13.0. The van der Waals surface area contributed by atoms with Crippen molar-refractivity contribution in [1.29, 1.82) is 0 Å². The summed E-state index contributed by atoms with van der Waals surface area (Å²) in [5.41, 5.74) is 4.31. The minimum atomic E-state index is -3.43. The van der Waals surface area contributed by atoms with E-state index in [0.717, 1.165) is 35.1 Å². The summed E-state index contributed by atoms with van der Waals surface area (Å²) >= 11 is 0. The summed E-state index contributed by atoms with van der Waals surface area (Å²) in [7, 11) is -3.43. The average molecular weight is 301 g/mol. The lowest BCUT2D eigenvalue weighted by atomic mass is 10.0. The maximum Gasteiger partial charge on any atom is 0.243 e. The van der Waals surface area contributed by atoms with E-state index in [9.17, 15) is 8.42 Å². The largest absolute Gasteiger partial charge is 0.243 e. The van der Waals surface area contributed by atoms with Gasteiger partial charge in [0, 0.05) is 13.1 Å². The molecule has 0 atom stereocenters. The van der Waals surface area contributed by atoms with Gasteiger partial charge >= 0.3 is 0 Å². The van der Waals surface area contributed by atoms with Crippen LogP contribution in [-0.2, 0) is 10.0 Å². The van der Waals surface area contributed by atoms with Crippen LogP contribution in [0.15, 0.2) is 64.6 Å². The van der Waals surface area contributed by atoms with Gasteiger partial charge < -0.3 is 0 Å². The van der Waals surface area contributed by atoms with Crippen molar-refractivity contribution in [2.75, 3.05) is 13.1 Å². The smallest absolute Gasteiger partial charge is 0.207 e. The van der Waals surface area contributed by atoms with E-state index in [1.54, 1.807) is 16.4 Å². The number of hydrogen-bond acceptors (Lipinski definition) is 2. The molecule has 110 valence electrons. The van der Waals surface area contributed by atoms with E-state index in [1.807, 2.05) is 19.1 Å². The van der Waals surface area contributed by atoms with E-state index < -0.39 is 10.0 Å². The topological polar surface area (TPSA) is 37.4 Å². The second kappa shape index (κ2) is 5.28. The average Bonchev–Trinajstić information content (AvgIpc) is 2.82. The summed E-state index contributed by atoms with van der Waals surface area (Å²) in [5.74, 6) is 0. The predicted molar refractivity (Wildman–Crippen MR) is 84.5 cm³/mol. The molecule has 0 spiro atoms. The monoisotopic (exact) mass is 301 g/mol. The van der Waals surface area contributed by atoms with Gasteiger partial charge in [-0.1, -0.05) is 42.0 Å². The first-order valence-electron chi connectivity index (χ1n) is 7.12. The molecule has 4 heteroatoms. The van der Waals surface area contributed by atoms with Crippen molar-refractivity contribution in [2.24, 2.45) is 0 Å². The van der Waals surface area contributed by atoms with Crippen LogP contribution in [0.4, 0.5) is 0 Å². The highest BCUT2D eigenvalue weighted by atomic mass is 32.2. The van der Waals surface area contributed by atoms with Gasteiger partial charge in [0.2, 0.25) is 10.0 Å². The first-order valence-corrected chi connectivity index (χ1v) is 8.56. The first kappa shape index (κ1) is 14.3. The van der Waals surface area contributed by atoms with E-state index in [2.05, 4.69) is 18.7 Å². The van der Waals surface area contributed by atoms with Crippen molar-refractivity contribution in [3.05, 3.63) is 65.3 Å². The van der Waals surface area contributed by atoms with Gasteiger partial charge in [-0.25, -0.2) is 8.42 Å². The molecule has 1 aromatic rings. The molecule has 0 amide bonds. The summed E-state index contributed by atoms with van der Waals surface area (Å²) in [4.78, 5) is 0.361. The van der Waals surface area contributed by atoms with Crippen LogP contribution in [0.3, 0.4) is 0 Å². The predicted octanol–water partition coefficient (Wildman–Crippen LogP) is 3.20. The molecule has 21 heavy (non-hydrogen) atoms. The fraction of sp³-hybridized carbons (Fsp3) is 0.294. The highest BCUT2D eigenvalue weighted by Crippen LogP contribution is 2.32. The third kappa shape index (κ3) is 2.61. The Bertz CT molecular complexity index is 739. The lowest BCUT2D eigenvalue weighted by Gasteiger charge is -2.17. The lowest BCUT2D eigenvalue weighted by Crippen LogP contribution is -2.29. The molecule has 0 N–H and O–H groups in total. The number of sulfonamides is 1. The molecular weight excluding hydrogens is 282 g/mol. The van der Waals surface area contributed by atoms with Gasteiger partial charge in [0.15, 0.2) is 0 Å². The minimum absolute atomic E-state index is 0.361. The van der Waals surface area contributed by atoms with Crippen molar-refractivity contribution >= 4 is 10.0 Å². The number of nitrogens with zero attached hydrogens (tertiary/aromatic N) is 1. The van der Waals surface area contributed by atoms with Gasteiger partial charge in [-0.05, 0) is 43.0 Å². The summed E-state index contributed by atoms with van der Waals surface area (Å²) in [6.07, 6.45) is 6.05. The van der Waals surface area contributed by atoms with Crippen molar-refractivity contribution in [3.8, 4) is 0 Å². The molecule has 0 saturated heterocycles. The van der Waals surface area contributed by atoms with E-state index in [1.165, 1.54) is 0 Å². The second-order valence-corrected chi connectivity index (χ2v) is 7.57. The minimum Gasteiger partial charge on any atom is -0.207 e. The standard InChI is InChI=1S/C17H19NO2S/c1-13-7-9-16(10-8-13)21(19,20)18-11-15-6-4-3-5-14(2)17(15)12-18/h4,6-10H,2-3,5,11-12H2,1H3. The van der Waals surface area contributed by atoms with E-state index in [4.69, 9.17) is 0 Å². The Morgan fingerprint density at radius 2 is 1.86 bits per heavy atom. The Kier molecular flexibility index (Phi) is 3.59. The Morgan fingerprint density at radius 1 is 1.14 bits per heavy atom. The summed E-state index contributed by atoms with van der Waals surface area (Å²) < 4.78 is 27.0. The highest BCUT2D eigenvalue weighted by Gasteiger charge is 2.32. The number of benzene rings is 1. The van der Waals surface area contributed by atoms with Crippen LogP contribution in [0.25, 0.3) is 0 Å². The Morgan fingerprint density at radius 3 is 2.57 bits per heavy atom. The highest BCUT2D eigenvalue weighted by molar-refractivity contribution is 7.89. The Hall–Kier alpha value is -1.65. The molecule has 1 heterocycles. The molecule has 3 nitrogen and oxygen atoms in total. The van der Waals surface area contributed by atoms with Gasteiger partial charge in [0.05, 0.1) is 4.90 Å². The van der Waals surface area contributed by atoms with Crippen LogP contribution in [0.2, 0.25) is 0 Å². The van der Waals surface area contributed by atoms with E-state index in [-0.39, 0.29) is 0 Å². The van der Waals surface area contributed by atoms with Crippen LogP contribution in [0.1, 0.15) is 18.4 Å². The molecule has 1 aliphatic heterocycles. The van der Waals surface area contributed by atoms with Crippen LogP contribution in [0.5, 0.6) is 0 Å². The lowest BCUT2D eigenvalue weighted by molar-refractivity contribution is 0.482. The fourth-order valence-electron chi connectivity index (χ4n) is 2.77. The summed E-state index contributed by atoms with van der Waals surface area (Å²) in [6.45, 7) is 6.93. The van der Waals surface area contributed by atoms with Gasteiger partial charge in [-0.2, -0.15) is 4.31 Å². The third-order valence-electron chi connectivity index (χ3n) is 4.09. The molecular formula is C17H19NO2S. The number of rotatable bonds is 2. The third-order valence-corrected chi connectivity index (χ3v) is 5.89. The molecule has 1 aromatic carbocycles. The van der Waals surface area contributed by atoms with Crippen LogP contribution in [-0.4, -0.2) is 25.8 Å². The van der Waals surface area contributed by atoms with Gasteiger partial charge in [0.25, 0.3) is 0 Å². The molecule has 1 aliphatic carbocycles. The summed E-state index contributed by atoms with van der Waals surface area (Å²) in [5, 5.41) is 0. The Labute approximate surface area is 126 Å². The quantitative estimate of drug-likeness (QED) is 0.841. The van der Waals surface area contributed by atoms with Crippen molar-refractivity contribution in [3.63, 3.8) is 0 Å². The first-order chi connectivity index (χ1) is 9.98. The van der Waals surface area contributed by atoms with Crippen LogP contribution < -0.4 is 0 Å². The number of allylic oxidation sites excluding steroid dienone is 1. The molecule has 3 rings (SSSR count).